The number of hydrogen-bond donors (Lipinski definition) is 1. The summed E-state index contributed by atoms with van der Waals surface area (Å²) in [5, 5.41) is 3.47. The van der Waals surface area contributed by atoms with E-state index in [1.165, 1.54) is 6.07 Å². The molecule has 2 heterocycles. The lowest BCUT2D eigenvalue weighted by Crippen LogP contribution is -2.35. The van der Waals surface area contributed by atoms with Crippen LogP contribution in [0.1, 0.15) is 51.3 Å². The Bertz CT molecular complexity index is 1180. The third-order valence-corrected chi connectivity index (χ3v) is 6.17. The van der Waals surface area contributed by atoms with Crippen LogP contribution in [0.2, 0.25) is 0 Å². The quantitative estimate of drug-likeness (QED) is 0.572. The van der Waals surface area contributed by atoms with Crippen LogP contribution in [-0.2, 0) is 11.0 Å². The standard InChI is InChI=1S/C27H30F3N3O2/c1-16(2)13-21-22-23(32-26(3,4)15-31-21)25(34)33(19-9-11-20(35-5)12-10-19)24(22)17-7-6-8-18(14-17)27(28,29)30/h6-12,14,16,24,31H,13,15H2,1-5H3. The number of hydrogen-bond acceptors (Lipinski definition) is 4. The van der Waals surface area contributed by atoms with Crippen molar-refractivity contribution >= 4 is 17.3 Å². The first-order valence-electron chi connectivity index (χ1n) is 11.6. The minimum Gasteiger partial charge on any atom is -0.497 e. The highest BCUT2D eigenvalue weighted by atomic mass is 19.4. The number of ether oxygens (including phenoxy) is 1. The first-order valence-corrected chi connectivity index (χ1v) is 11.6. The van der Waals surface area contributed by atoms with Gasteiger partial charge in [-0.05, 0) is 68.1 Å². The number of carbonyl (C=O) groups excluding carboxylic acids is 1. The molecule has 8 heteroatoms. The summed E-state index contributed by atoms with van der Waals surface area (Å²) in [6.45, 7) is 8.53. The van der Waals surface area contributed by atoms with E-state index in [1.807, 2.05) is 13.8 Å². The van der Waals surface area contributed by atoms with E-state index in [1.54, 1.807) is 42.3 Å². The molecule has 0 saturated carbocycles. The Labute approximate surface area is 203 Å². The fourth-order valence-electron chi connectivity index (χ4n) is 4.58. The molecule has 1 unspecified atom stereocenters. The highest BCUT2D eigenvalue weighted by molar-refractivity contribution is 6.53. The number of amides is 1. The molecule has 0 aromatic heterocycles. The van der Waals surface area contributed by atoms with Crippen LogP contribution in [-0.4, -0.2) is 30.8 Å². The molecular weight excluding hydrogens is 455 g/mol. The number of benzene rings is 2. The molecular formula is C27H30F3N3O2. The van der Waals surface area contributed by atoms with Gasteiger partial charge in [0.15, 0.2) is 0 Å². The van der Waals surface area contributed by atoms with Gasteiger partial charge in [0.05, 0.1) is 24.3 Å². The first kappa shape index (κ1) is 24.8. The second-order valence-corrected chi connectivity index (χ2v) is 10.0. The lowest BCUT2D eigenvalue weighted by atomic mass is 9.92. The van der Waals surface area contributed by atoms with Gasteiger partial charge in [-0.25, -0.2) is 0 Å². The fraction of sp³-hybridized carbons (Fsp3) is 0.407. The van der Waals surface area contributed by atoms with Crippen LogP contribution < -0.4 is 15.0 Å². The number of methoxy groups -OCH3 is 1. The zero-order chi connectivity index (χ0) is 25.5. The summed E-state index contributed by atoms with van der Waals surface area (Å²) in [4.78, 5) is 20.3. The van der Waals surface area contributed by atoms with E-state index in [4.69, 9.17) is 9.73 Å². The molecule has 1 fully saturated rings. The van der Waals surface area contributed by atoms with E-state index < -0.39 is 23.3 Å². The normalized spacial score (nSPS) is 19.9. The van der Waals surface area contributed by atoms with Gasteiger partial charge in [0.1, 0.15) is 11.5 Å². The van der Waals surface area contributed by atoms with Gasteiger partial charge >= 0.3 is 6.18 Å². The maximum absolute atomic E-state index is 13.9. The molecule has 2 aliphatic rings. The summed E-state index contributed by atoms with van der Waals surface area (Å²) in [6, 6.07) is 11.4. The largest absolute Gasteiger partial charge is 0.497 e. The molecule has 1 atom stereocenters. The van der Waals surface area contributed by atoms with Crippen molar-refractivity contribution in [3.8, 4) is 5.75 Å². The number of fused-ring (bicyclic) bond motifs is 1. The van der Waals surface area contributed by atoms with Crippen molar-refractivity contribution in [3.63, 3.8) is 0 Å². The fourth-order valence-corrected chi connectivity index (χ4v) is 4.58. The average Bonchev–Trinajstić information content (AvgIpc) is 2.99. The van der Waals surface area contributed by atoms with Crippen LogP contribution in [0.15, 0.2) is 64.8 Å². The van der Waals surface area contributed by atoms with E-state index >= 15 is 0 Å². The smallest absolute Gasteiger partial charge is 0.416 e. The number of alkyl halides is 3. The lowest BCUT2D eigenvalue weighted by Gasteiger charge is -2.28. The number of halogens is 3. The summed E-state index contributed by atoms with van der Waals surface area (Å²) >= 11 is 0. The number of nitrogens with zero attached hydrogens (tertiary/aromatic N) is 2. The third-order valence-electron chi connectivity index (χ3n) is 6.17. The molecule has 0 radical (unpaired) electrons. The Balaban J connectivity index is 1.99. The summed E-state index contributed by atoms with van der Waals surface area (Å²) in [5.74, 6) is 0.551. The molecule has 0 bridgehead atoms. The molecule has 1 saturated heterocycles. The summed E-state index contributed by atoms with van der Waals surface area (Å²) < 4.78 is 46.2. The number of aliphatic imine (C=N–C) groups is 1. The summed E-state index contributed by atoms with van der Waals surface area (Å²) in [5.41, 5.74) is 1.41. The third kappa shape index (κ3) is 4.92. The number of allylic oxidation sites excluding steroid dienone is 1. The maximum Gasteiger partial charge on any atom is 0.416 e. The van der Waals surface area contributed by atoms with Gasteiger partial charge < -0.3 is 10.1 Å². The number of nitrogens with one attached hydrogen (secondary N) is 1. The minimum absolute atomic E-state index is 0.264. The zero-order valence-electron chi connectivity index (χ0n) is 20.5. The predicted octanol–water partition coefficient (Wildman–Crippen LogP) is 5.92. The van der Waals surface area contributed by atoms with Crippen LogP contribution in [0.3, 0.4) is 0 Å². The highest BCUT2D eigenvalue weighted by Crippen LogP contribution is 2.44. The summed E-state index contributed by atoms with van der Waals surface area (Å²) in [6.07, 6.45) is -3.86. The molecule has 1 amide bonds. The van der Waals surface area contributed by atoms with E-state index in [-0.39, 0.29) is 11.8 Å². The van der Waals surface area contributed by atoms with Gasteiger partial charge in [-0.3, -0.25) is 14.7 Å². The average molecular weight is 486 g/mol. The van der Waals surface area contributed by atoms with Crippen LogP contribution in [0.5, 0.6) is 5.75 Å². The lowest BCUT2D eigenvalue weighted by molar-refractivity contribution is -0.137. The second kappa shape index (κ2) is 9.06. The van der Waals surface area contributed by atoms with Gasteiger partial charge in [-0.2, -0.15) is 13.2 Å². The molecule has 4 rings (SSSR count). The van der Waals surface area contributed by atoms with Crippen molar-refractivity contribution in [1.82, 2.24) is 5.32 Å². The van der Waals surface area contributed by atoms with Crippen molar-refractivity contribution in [1.29, 1.82) is 0 Å². The van der Waals surface area contributed by atoms with Gasteiger partial charge in [-0.15, -0.1) is 0 Å². The Hall–Kier alpha value is -3.29. The van der Waals surface area contributed by atoms with Crippen molar-refractivity contribution in [2.24, 2.45) is 10.9 Å². The number of rotatable bonds is 5. The van der Waals surface area contributed by atoms with Gasteiger partial charge in [0, 0.05) is 23.5 Å². The summed E-state index contributed by atoms with van der Waals surface area (Å²) in [7, 11) is 1.55. The highest BCUT2D eigenvalue weighted by Gasteiger charge is 2.47. The Morgan fingerprint density at radius 3 is 2.46 bits per heavy atom. The molecule has 2 aliphatic heterocycles. The molecule has 0 spiro atoms. The SMILES string of the molecule is COc1ccc(N2C(=O)C3=NC(C)(C)CNC(CC(C)C)=C3C2c2cccc(C(F)(F)F)c2)cc1. The van der Waals surface area contributed by atoms with Crippen LogP contribution in [0.4, 0.5) is 18.9 Å². The van der Waals surface area contributed by atoms with Crippen molar-refractivity contribution in [2.75, 3.05) is 18.6 Å². The molecule has 5 nitrogen and oxygen atoms in total. The Morgan fingerprint density at radius 1 is 1.17 bits per heavy atom. The molecule has 186 valence electrons. The maximum atomic E-state index is 13.9. The molecule has 1 N–H and O–H groups in total. The second-order valence-electron chi connectivity index (χ2n) is 10.0. The van der Waals surface area contributed by atoms with Crippen LogP contribution >= 0.6 is 0 Å². The Morgan fingerprint density at radius 2 is 1.86 bits per heavy atom. The van der Waals surface area contributed by atoms with E-state index in [2.05, 4.69) is 19.2 Å². The van der Waals surface area contributed by atoms with Crippen LogP contribution in [0.25, 0.3) is 0 Å². The van der Waals surface area contributed by atoms with E-state index in [0.717, 1.165) is 17.8 Å². The van der Waals surface area contributed by atoms with E-state index in [9.17, 15) is 18.0 Å². The number of anilines is 1. The Kier molecular flexibility index (Phi) is 6.42. The van der Waals surface area contributed by atoms with Crippen molar-refractivity contribution in [2.45, 2.75) is 51.9 Å². The van der Waals surface area contributed by atoms with Crippen molar-refractivity contribution < 1.29 is 22.7 Å². The van der Waals surface area contributed by atoms with Crippen LogP contribution in [0, 0.1) is 5.92 Å². The van der Waals surface area contributed by atoms with Gasteiger partial charge in [0.2, 0.25) is 0 Å². The minimum atomic E-state index is -4.50. The zero-order valence-corrected chi connectivity index (χ0v) is 20.5. The monoisotopic (exact) mass is 485 g/mol. The number of carbonyl (C=O) groups is 1. The molecule has 35 heavy (non-hydrogen) atoms. The van der Waals surface area contributed by atoms with Gasteiger partial charge in [-0.1, -0.05) is 26.0 Å². The molecule has 0 aliphatic carbocycles. The first-order chi connectivity index (χ1) is 16.4. The topological polar surface area (TPSA) is 53.9 Å². The van der Waals surface area contributed by atoms with Crippen molar-refractivity contribution in [3.05, 3.63) is 70.9 Å². The van der Waals surface area contributed by atoms with E-state index in [0.29, 0.717) is 41.3 Å². The predicted molar refractivity (Wildman–Crippen MR) is 131 cm³/mol. The molecule has 2 aromatic carbocycles. The van der Waals surface area contributed by atoms with Gasteiger partial charge in [0.25, 0.3) is 5.91 Å². The molecule has 2 aromatic rings.